The van der Waals surface area contributed by atoms with Crippen LogP contribution in [0.25, 0.3) is 0 Å². The fraction of sp³-hybridized carbons (Fsp3) is 0.214. The Balaban J connectivity index is 1.89. The number of halogens is 2. The molecular formula is C14H12BrClN2O. The van der Waals surface area contributed by atoms with Crippen molar-refractivity contribution in [3.8, 4) is 5.75 Å². The molecule has 0 bridgehead atoms. The number of rotatable bonds is 2. The van der Waals surface area contributed by atoms with Gasteiger partial charge in [0.15, 0.2) is 0 Å². The molecule has 19 heavy (non-hydrogen) atoms. The average molecular weight is 340 g/mol. The molecule has 0 radical (unpaired) electrons. The first kappa shape index (κ1) is 12.8. The first-order valence-corrected chi connectivity index (χ1v) is 7.20. The van der Waals surface area contributed by atoms with Crippen molar-refractivity contribution < 1.29 is 4.74 Å². The quantitative estimate of drug-likeness (QED) is 0.822. The summed E-state index contributed by atoms with van der Waals surface area (Å²) >= 11 is 9.41. The van der Waals surface area contributed by atoms with Gasteiger partial charge in [-0.05, 0) is 30.3 Å². The molecule has 0 fully saturated rings. The molecule has 2 aromatic rings. The predicted octanol–water partition coefficient (Wildman–Crippen LogP) is 4.43. The molecule has 1 unspecified atom stereocenters. The lowest BCUT2D eigenvalue weighted by atomic mass is 10.0. The fourth-order valence-corrected chi connectivity index (χ4v) is 2.76. The zero-order valence-electron chi connectivity index (χ0n) is 10.1. The van der Waals surface area contributed by atoms with E-state index >= 15 is 0 Å². The van der Waals surface area contributed by atoms with E-state index in [1.165, 1.54) is 0 Å². The minimum Gasteiger partial charge on any atom is -0.493 e. The Labute approximate surface area is 125 Å². The molecule has 1 aliphatic heterocycles. The van der Waals surface area contributed by atoms with E-state index in [1.807, 2.05) is 24.3 Å². The van der Waals surface area contributed by atoms with Gasteiger partial charge in [0.1, 0.15) is 10.9 Å². The van der Waals surface area contributed by atoms with Crippen LogP contribution in [0.3, 0.4) is 0 Å². The van der Waals surface area contributed by atoms with E-state index in [1.54, 1.807) is 6.20 Å². The Hall–Kier alpha value is -1.26. The number of anilines is 1. The molecule has 0 amide bonds. The summed E-state index contributed by atoms with van der Waals surface area (Å²) in [6.45, 7) is 0.713. The van der Waals surface area contributed by atoms with Crippen molar-refractivity contribution in [2.75, 3.05) is 11.9 Å². The topological polar surface area (TPSA) is 34.1 Å². The molecule has 0 spiro atoms. The summed E-state index contributed by atoms with van der Waals surface area (Å²) in [5, 5.41) is 3.97. The largest absolute Gasteiger partial charge is 0.493 e. The first-order chi connectivity index (χ1) is 9.22. The number of fused-ring (bicyclic) bond motifs is 1. The molecule has 1 aromatic carbocycles. The maximum Gasteiger partial charge on any atom is 0.131 e. The maximum atomic E-state index is 5.90. The summed E-state index contributed by atoms with van der Waals surface area (Å²) in [6.07, 6.45) is 2.62. The van der Waals surface area contributed by atoms with Gasteiger partial charge in [-0.2, -0.15) is 0 Å². The normalized spacial score (nSPS) is 17.5. The SMILES string of the molecule is Clc1cc(NC2CCOc3ccc(Br)cc32)ccn1. The van der Waals surface area contributed by atoms with Crippen LogP contribution in [0, 0.1) is 0 Å². The lowest BCUT2D eigenvalue weighted by molar-refractivity contribution is 0.274. The Morgan fingerprint density at radius 3 is 3.05 bits per heavy atom. The van der Waals surface area contributed by atoms with Crippen molar-refractivity contribution >= 4 is 33.2 Å². The number of hydrogen-bond acceptors (Lipinski definition) is 3. The number of aromatic nitrogens is 1. The van der Waals surface area contributed by atoms with Gasteiger partial charge in [0, 0.05) is 28.3 Å². The summed E-state index contributed by atoms with van der Waals surface area (Å²) in [4.78, 5) is 3.98. The van der Waals surface area contributed by atoms with Gasteiger partial charge in [-0.15, -0.1) is 0 Å². The summed E-state index contributed by atoms with van der Waals surface area (Å²) in [5.74, 6) is 0.937. The molecule has 5 heteroatoms. The highest BCUT2D eigenvalue weighted by Gasteiger charge is 2.21. The Morgan fingerprint density at radius 2 is 2.21 bits per heavy atom. The Bertz CT molecular complexity index is 606. The van der Waals surface area contributed by atoms with Crippen molar-refractivity contribution in [2.45, 2.75) is 12.5 Å². The number of nitrogens with zero attached hydrogens (tertiary/aromatic N) is 1. The van der Waals surface area contributed by atoms with Crippen LogP contribution in [0.5, 0.6) is 5.75 Å². The zero-order chi connectivity index (χ0) is 13.2. The molecule has 0 saturated heterocycles. The van der Waals surface area contributed by atoms with Crippen molar-refractivity contribution in [3.05, 3.63) is 51.7 Å². The molecule has 3 rings (SSSR count). The Kier molecular flexibility index (Phi) is 3.62. The van der Waals surface area contributed by atoms with Crippen molar-refractivity contribution in [3.63, 3.8) is 0 Å². The van der Waals surface area contributed by atoms with E-state index in [0.717, 1.165) is 27.9 Å². The van der Waals surface area contributed by atoms with Gasteiger partial charge in [-0.3, -0.25) is 0 Å². The van der Waals surface area contributed by atoms with Gasteiger partial charge in [0.25, 0.3) is 0 Å². The van der Waals surface area contributed by atoms with Crippen molar-refractivity contribution in [2.24, 2.45) is 0 Å². The third kappa shape index (κ3) is 2.85. The molecule has 1 N–H and O–H groups in total. The summed E-state index contributed by atoms with van der Waals surface area (Å²) in [5.41, 5.74) is 2.13. The van der Waals surface area contributed by atoms with Crippen molar-refractivity contribution in [1.29, 1.82) is 0 Å². The molecule has 3 nitrogen and oxygen atoms in total. The van der Waals surface area contributed by atoms with Crippen LogP contribution in [-0.4, -0.2) is 11.6 Å². The highest BCUT2D eigenvalue weighted by Crippen LogP contribution is 2.36. The van der Waals surface area contributed by atoms with Crippen LogP contribution >= 0.6 is 27.5 Å². The molecule has 1 atom stereocenters. The van der Waals surface area contributed by atoms with E-state index in [0.29, 0.717) is 11.8 Å². The van der Waals surface area contributed by atoms with Crippen LogP contribution in [0.15, 0.2) is 41.0 Å². The predicted molar refractivity (Wildman–Crippen MR) is 79.9 cm³/mol. The highest BCUT2D eigenvalue weighted by atomic mass is 79.9. The molecule has 0 saturated carbocycles. The summed E-state index contributed by atoms with van der Waals surface area (Å²) < 4.78 is 6.72. The lowest BCUT2D eigenvalue weighted by Crippen LogP contribution is -2.20. The summed E-state index contributed by atoms with van der Waals surface area (Å²) in [7, 11) is 0. The standard InChI is InChI=1S/C14H12BrClN2O/c15-9-1-2-13-11(7-9)12(4-6-19-13)18-10-3-5-17-14(16)8-10/h1-3,5,7-8,12H,4,6H2,(H,17,18). The van der Waals surface area contributed by atoms with Crippen LogP contribution < -0.4 is 10.1 Å². The molecule has 98 valence electrons. The minimum atomic E-state index is 0.222. The second-order valence-electron chi connectivity index (χ2n) is 4.38. The Morgan fingerprint density at radius 1 is 1.32 bits per heavy atom. The molecular weight excluding hydrogens is 328 g/mol. The van der Waals surface area contributed by atoms with Crippen LogP contribution in [0.1, 0.15) is 18.0 Å². The highest BCUT2D eigenvalue weighted by molar-refractivity contribution is 9.10. The van der Waals surface area contributed by atoms with Gasteiger partial charge in [0.2, 0.25) is 0 Å². The van der Waals surface area contributed by atoms with Crippen LogP contribution in [0.2, 0.25) is 5.15 Å². The second-order valence-corrected chi connectivity index (χ2v) is 5.69. The smallest absolute Gasteiger partial charge is 0.131 e. The number of nitrogens with one attached hydrogen (secondary N) is 1. The van der Waals surface area contributed by atoms with Gasteiger partial charge in [0.05, 0.1) is 12.6 Å². The van der Waals surface area contributed by atoms with Gasteiger partial charge >= 0.3 is 0 Å². The third-order valence-electron chi connectivity index (χ3n) is 3.08. The first-order valence-electron chi connectivity index (χ1n) is 6.03. The monoisotopic (exact) mass is 338 g/mol. The number of hydrogen-bond donors (Lipinski definition) is 1. The zero-order valence-corrected chi connectivity index (χ0v) is 12.4. The van der Waals surface area contributed by atoms with Gasteiger partial charge in [-0.25, -0.2) is 4.98 Å². The van der Waals surface area contributed by atoms with E-state index in [4.69, 9.17) is 16.3 Å². The maximum absolute atomic E-state index is 5.90. The van der Waals surface area contributed by atoms with E-state index in [2.05, 4.69) is 32.3 Å². The van der Waals surface area contributed by atoms with Gasteiger partial charge in [-0.1, -0.05) is 27.5 Å². The van der Waals surface area contributed by atoms with Crippen LogP contribution in [-0.2, 0) is 0 Å². The van der Waals surface area contributed by atoms with E-state index < -0.39 is 0 Å². The lowest BCUT2D eigenvalue weighted by Gasteiger charge is -2.27. The third-order valence-corrected chi connectivity index (χ3v) is 3.78. The number of ether oxygens (including phenoxy) is 1. The molecule has 2 heterocycles. The summed E-state index contributed by atoms with van der Waals surface area (Å²) in [6, 6.07) is 10.0. The molecule has 1 aliphatic rings. The van der Waals surface area contributed by atoms with Gasteiger partial charge < -0.3 is 10.1 Å². The fourth-order valence-electron chi connectivity index (χ4n) is 2.21. The number of benzene rings is 1. The molecule has 1 aromatic heterocycles. The van der Waals surface area contributed by atoms with Crippen molar-refractivity contribution in [1.82, 2.24) is 4.98 Å². The molecule has 0 aliphatic carbocycles. The van der Waals surface area contributed by atoms with E-state index in [9.17, 15) is 0 Å². The average Bonchev–Trinajstić information content (AvgIpc) is 2.39. The minimum absolute atomic E-state index is 0.222. The second kappa shape index (κ2) is 5.39. The van der Waals surface area contributed by atoms with Crippen LogP contribution in [0.4, 0.5) is 5.69 Å². The van der Waals surface area contributed by atoms with E-state index in [-0.39, 0.29) is 6.04 Å². The number of pyridine rings is 1.